The zero-order chi connectivity index (χ0) is 13.3. The van der Waals surface area contributed by atoms with Gasteiger partial charge in [0.1, 0.15) is 0 Å². The molecule has 1 fully saturated rings. The van der Waals surface area contributed by atoms with Crippen LogP contribution in [0.3, 0.4) is 0 Å². The molecular formula is C12H18N2O3S. The lowest BCUT2D eigenvalue weighted by atomic mass is 10.0. The summed E-state index contributed by atoms with van der Waals surface area (Å²) in [5, 5.41) is 21.4. The van der Waals surface area contributed by atoms with Crippen molar-refractivity contribution in [3.8, 4) is 0 Å². The number of anilines is 1. The zero-order valence-corrected chi connectivity index (χ0v) is 11.4. The quantitative estimate of drug-likeness (QED) is 0.677. The van der Waals surface area contributed by atoms with Gasteiger partial charge in [-0.2, -0.15) is 0 Å². The Kier molecular flexibility index (Phi) is 3.87. The second-order valence-corrected chi connectivity index (χ2v) is 5.87. The van der Waals surface area contributed by atoms with Gasteiger partial charge in [0.15, 0.2) is 5.00 Å². The van der Waals surface area contributed by atoms with Gasteiger partial charge in [0.05, 0.1) is 11.0 Å². The third-order valence-corrected chi connectivity index (χ3v) is 4.72. The molecule has 2 heterocycles. The molecule has 0 amide bonds. The van der Waals surface area contributed by atoms with Gasteiger partial charge in [-0.1, -0.05) is 0 Å². The fourth-order valence-electron chi connectivity index (χ4n) is 2.33. The van der Waals surface area contributed by atoms with E-state index in [2.05, 4.69) is 11.8 Å². The molecule has 6 heteroatoms. The van der Waals surface area contributed by atoms with E-state index in [1.165, 1.54) is 23.8 Å². The molecule has 1 aromatic rings. The van der Waals surface area contributed by atoms with E-state index < -0.39 is 6.10 Å². The summed E-state index contributed by atoms with van der Waals surface area (Å²) in [6.45, 7) is 4.60. The molecule has 1 N–H and O–H groups in total. The molecule has 2 atom stereocenters. The number of hydrogen-bond donors (Lipinski definition) is 1. The first-order valence-electron chi connectivity index (χ1n) is 6.23. The van der Waals surface area contributed by atoms with Crippen molar-refractivity contribution < 1.29 is 10.0 Å². The van der Waals surface area contributed by atoms with E-state index in [9.17, 15) is 15.2 Å². The van der Waals surface area contributed by atoms with Gasteiger partial charge in [-0.3, -0.25) is 10.1 Å². The van der Waals surface area contributed by atoms with Gasteiger partial charge >= 0.3 is 5.69 Å². The molecule has 5 nitrogen and oxygen atoms in total. The van der Waals surface area contributed by atoms with Gasteiger partial charge in [0, 0.05) is 23.5 Å². The van der Waals surface area contributed by atoms with Crippen molar-refractivity contribution >= 4 is 22.0 Å². The molecule has 0 radical (unpaired) electrons. The fraction of sp³-hybridized carbons (Fsp3) is 0.667. The molecule has 0 aliphatic carbocycles. The van der Waals surface area contributed by atoms with Crippen LogP contribution in [0.15, 0.2) is 6.07 Å². The monoisotopic (exact) mass is 270 g/mol. The van der Waals surface area contributed by atoms with Crippen molar-refractivity contribution in [1.82, 2.24) is 0 Å². The third kappa shape index (κ3) is 2.49. The summed E-state index contributed by atoms with van der Waals surface area (Å²) >= 11 is 1.34. The Balaban J connectivity index is 2.38. The van der Waals surface area contributed by atoms with Crippen LogP contribution in [-0.2, 0) is 0 Å². The molecule has 2 rings (SSSR count). The van der Waals surface area contributed by atoms with Gasteiger partial charge in [-0.15, -0.1) is 11.3 Å². The summed E-state index contributed by atoms with van der Waals surface area (Å²) in [6, 6.07) is 1.84. The molecule has 0 bridgehead atoms. The SMILES string of the molecule is CC(O)c1cc([N+](=O)[O-])c(N2CCCCC2C)s1. The van der Waals surface area contributed by atoms with Crippen molar-refractivity contribution in [3.63, 3.8) is 0 Å². The van der Waals surface area contributed by atoms with E-state index in [1.54, 1.807) is 6.92 Å². The average Bonchev–Trinajstić information content (AvgIpc) is 2.74. The van der Waals surface area contributed by atoms with Crippen LogP contribution in [0.25, 0.3) is 0 Å². The van der Waals surface area contributed by atoms with Crippen molar-refractivity contribution in [2.24, 2.45) is 0 Å². The van der Waals surface area contributed by atoms with Crippen LogP contribution in [0.1, 0.15) is 44.1 Å². The summed E-state index contributed by atoms with van der Waals surface area (Å²) in [7, 11) is 0. The van der Waals surface area contributed by atoms with Gasteiger partial charge < -0.3 is 10.0 Å². The molecule has 1 aliphatic rings. The maximum absolute atomic E-state index is 11.1. The lowest BCUT2D eigenvalue weighted by Crippen LogP contribution is -2.37. The lowest BCUT2D eigenvalue weighted by Gasteiger charge is -2.33. The van der Waals surface area contributed by atoms with Crippen LogP contribution in [0, 0.1) is 10.1 Å². The summed E-state index contributed by atoms with van der Waals surface area (Å²) < 4.78 is 0. The smallest absolute Gasteiger partial charge is 0.304 e. The Bertz CT molecular complexity index is 445. The van der Waals surface area contributed by atoms with E-state index in [0.717, 1.165) is 19.4 Å². The summed E-state index contributed by atoms with van der Waals surface area (Å²) in [6.07, 6.45) is 2.67. The van der Waals surface area contributed by atoms with Gasteiger partial charge in [-0.25, -0.2) is 0 Å². The summed E-state index contributed by atoms with van der Waals surface area (Å²) in [5.74, 6) is 0. The van der Waals surface area contributed by atoms with Crippen LogP contribution in [0.4, 0.5) is 10.7 Å². The zero-order valence-electron chi connectivity index (χ0n) is 10.6. The molecule has 1 saturated heterocycles. The van der Waals surface area contributed by atoms with E-state index in [0.29, 0.717) is 15.9 Å². The molecule has 0 aromatic carbocycles. The summed E-state index contributed by atoms with van der Waals surface area (Å²) in [5.41, 5.74) is 0.129. The average molecular weight is 270 g/mol. The number of hydrogen-bond acceptors (Lipinski definition) is 5. The first-order valence-corrected chi connectivity index (χ1v) is 7.05. The summed E-state index contributed by atoms with van der Waals surface area (Å²) in [4.78, 5) is 13.5. The van der Waals surface area contributed by atoms with Gasteiger partial charge in [0.25, 0.3) is 0 Å². The number of rotatable bonds is 3. The topological polar surface area (TPSA) is 66.6 Å². The number of piperidine rings is 1. The fourth-order valence-corrected chi connectivity index (χ4v) is 3.52. The Hall–Kier alpha value is -1.14. The van der Waals surface area contributed by atoms with Gasteiger partial charge in [-0.05, 0) is 33.1 Å². The first-order chi connectivity index (χ1) is 8.50. The molecule has 1 aliphatic heterocycles. The first kappa shape index (κ1) is 13.3. The highest BCUT2D eigenvalue weighted by molar-refractivity contribution is 7.16. The van der Waals surface area contributed by atoms with Crippen LogP contribution in [-0.4, -0.2) is 22.6 Å². The van der Waals surface area contributed by atoms with E-state index in [-0.39, 0.29) is 10.6 Å². The Labute approximate surface area is 110 Å². The molecule has 0 spiro atoms. The maximum Gasteiger partial charge on any atom is 0.304 e. The second-order valence-electron chi connectivity index (χ2n) is 4.81. The molecule has 0 saturated carbocycles. The largest absolute Gasteiger partial charge is 0.388 e. The minimum absolute atomic E-state index is 0.129. The van der Waals surface area contributed by atoms with Gasteiger partial charge in [0.2, 0.25) is 0 Å². The van der Waals surface area contributed by atoms with Crippen LogP contribution in [0.2, 0.25) is 0 Å². The number of nitrogens with zero attached hydrogens (tertiary/aromatic N) is 2. The molecule has 2 unspecified atom stereocenters. The molecular weight excluding hydrogens is 252 g/mol. The highest BCUT2D eigenvalue weighted by Gasteiger charge is 2.29. The standard InChI is InChI=1S/C12H18N2O3S/c1-8-5-3-4-6-13(8)12-10(14(16)17)7-11(18-12)9(2)15/h7-9,15H,3-6H2,1-2H3. The highest BCUT2D eigenvalue weighted by atomic mass is 32.1. The van der Waals surface area contributed by atoms with E-state index >= 15 is 0 Å². The second kappa shape index (κ2) is 5.24. The predicted octanol–water partition coefficient (Wildman–Crippen LogP) is 3.09. The lowest BCUT2D eigenvalue weighted by molar-refractivity contribution is -0.383. The number of nitro groups is 1. The Morgan fingerprint density at radius 3 is 2.89 bits per heavy atom. The minimum Gasteiger partial charge on any atom is -0.388 e. The molecule has 100 valence electrons. The Morgan fingerprint density at radius 1 is 1.61 bits per heavy atom. The maximum atomic E-state index is 11.1. The Morgan fingerprint density at radius 2 is 2.33 bits per heavy atom. The number of thiophene rings is 1. The van der Waals surface area contributed by atoms with Crippen molar-refractivity contribution in [1.29, 1.82) is 0 Å². The molecule has 1 aromatic heterocycles. The van der Waals surface area contributed by atoms with Crippen LogP contribution in [0.5, 0.6) is 0 Å². The normalized spacial score (nSPS) is 21.9. The minimum atomic E-state index is -0.650. The number of aliphatic hydroxyl groups is 1. The van der Waals surface area contributed by atoms with Crippen LogP contribution < -0.4 is 4.90 Å². The predicted molar refractivity (Wildman–Crippen MR) is 72.3 cm³/mol. The number of aliphatic hydroxyl groups excluding tert-OH is 1. The van der Waals surface area contributed by atoms with Crippen molar-refractivity contribution in [2.75, 3.05) is 11.4 Å². The van der Waals surface area contributed by atoms with Crippen molar-refractivity contribution in [2.45, 2.75) is 45.3 Å². The highest BCUT2D eigenvalue weighted by Crippen LogP contribution is 2.42. The third-order valence-electron chi connectivity index (χ3n) is 3.38. The van der Waals surface area contributed by atoms with E-state index in [1.807, 2.05) is 0 Å². The van der Waals surface area contributed by atoms with E-state index in [4.69, 9.17) is 0 Å². The molecule has 18 heavy (non-hydrogen) atoms. The van der Waals surface area contributed by atoms with Crippen LogP contribution >= 0.6 is 11.3 Å². The van der Waals surface area contributed by atoms with Crippen molar-refractivity contribution in [3.05, 3.63) is 21.1 Å².